The quantitative estimate of drug-likeness (QED) is 0.523. The third-order valence-electron chi connectivity index (χ3n) is 4.21. The summed E-state index contributed by atoms with van der Waals surface area (Å²) in [7, 11) is 0. The minimum atomic E-state index is -0.308. The first kappa shape index (κ1) is 14.5. The fraction of sp³-hybridized carbons (Fsp3) is 0.375. The number of rotatable bonds is 3. The smallest absolute Gasteiger partial charge is 0.267 e. The monoisotopic (exact) mass is 322 g/mol. The van der Waals surface area contributed by atoms with Gasteiger partial charge in [-0.3, -0.25) is 9.59 Å². The van der Waals surface area contributed by atoms with Crippen molar-refractivity contribution in [3.8, 4) is 12.3 Å². The molecule has 0 saturated heterocycles. The molecule has 0 aliphatic heterocycles. The second-order valence-corrected chi connectivity index (χ2v) is 6.05. The van der Waals surface area contributed by atoms with E-state index in [1.54, 1.807) is 19.1 Å². The van der Waals surface area contributed by atoms with Gasteiger partial charge in [0.15, 0.2) is 0 Å². The lowest BCUT2D eigenvalue weighted by Crippen LogP contribution is -2.28. The van der Waals surface area contributed by atoms with E-state index in [9.17, 15) is 9.59 Å². The highest BCUT2D eigenvalue weighted by Gasteiger charge is 2.27. The Morgan fingerprint density at radius 3 is 2.42 bits per heavy atom. The molecule has 0 spiro atoms. The third kappa shape index (κ3) is 2.17. The average molecular weight is 322 g/mol. The van der Waals surface area contributed by atoms with Gasteiger partial charge in [-0.15, -0.1) is 22.5 Å². The van der Waals surface area contributed by atoms with Crippen LogP contribution in [0.1, 0.15) is 38.3 Å². The molecule has 24 heavy (non-hydrogen) atoms. The molecular weight excluding hydrogens is 308 g/mol. The summed E-state index contributed by atoms with van der Waals surface area (Å²) in [6.07, 6.45) is 7.54. The molecule has 1 atom stereocenters. The number of hydrogen-bond donors (Lipinski definition) is 0. The molecule has 120 valence electrons. The van der Waals surface area contributed by atoms with Crippen LogP contribution in [0.2, 0.25) is 0 Å². The van der Waals surface area contributed by atoms with Crippen molar-refractivity contribution >= 4 is 21.8 Å². The van der Waals surface area contributed by atoms with Crippen LogP contribution in [0.4, 0.5) is 0 Å². The molecule has 1 saturated carbocycles. The normalized spacial score (nSPS) is 15.5. The van der Waals surface area contributed by atoms with E-state index in [0.717, 1.165) is 12.8 Å². The van der Waals surface area contributed by atoms with Crippen LogP contribution in [0.25, 0.3) is 21.8 Å². The van der Waals surface area contributed by atoms with Crippen molar-refractivity contribution < 1.29 is 0 Å². The van der Waals surface area contributed by atoms with E-state index in [4.69, 9.17) is 6.42 Å². The van der Waals surface area contributed by atoms with Crippen LogP contribution in [0.3, 0.4) is 0 Å². The summed E-state index contributed by atoms with van der Waals surface area (Å²) in [5, 5.41) is 16.8. The van der Waals surface area contributed by atoms with E-state index in [0.29, 0.717) is 28.2 Å². The predicted molar refractivity (Wildman–Crippen MR) is 87.6 cm³/mol. The minimum absolute atomic E-state index is 0.133. The van der Waals surface area contributed by atoms with Crippen molar-refractivity contribution in [3.63, 3.8) is 0 Å². The van der Waals surface area contributed by atoms with E-state index in [1.165, 1.54) is 9.36 Å². The highest BCUT2D eigenvalue weighted by molar-refractivity contribution is 5.93. The van der Waals surface area contributed by atoms with E-state index < -0.39 is 0 Å². The predicted octanol–water partition coefficient (Wildman–Crippen LogP) is 0.816. The van der Waals surface area contributed by atoms with E-state index in [1.807, 2.05) is 0 Å². The Labute approximate surface area is 136 Å². The number of hydrogen-bond acceptors (Lipinski definition) is 6. The van der Waals surface area contributed by atoms with Crippen molar-refractivity contribution in [2.75, 3.05) is 0 Å². The number of nitrogens with zero attached hydrogens (tertiary/aromatic N) is 6. The van der Waals surface area contributed by atoms with Gasteiger partial charge in [0.1, 0.15) is 11.0 Å². The molecule has 3 aromatic rings. The van der Waals surface area contributed by atoms with Gasteiger partial charge < -0.3 is 0 Å². The number of benzene rings is 1. The zero-order valence-corrected chi connectivity index (χ0v) is 13.0. The van der Waals surface area contributed by atoms with Crippen LogP contribution < -0.4 is 11.1 Å². The number of aromatic nitrogens is 6. The standard InChI is InChI=1S/C16H14N6O2/c1-3-4-9(2)21-15(23)11-7-14-12(8-13(11)17-19-21)16(24)22(20-18-14)10-5-6-10/h1,7-10H,4-6H2,2H3. The molecule has 1 aliphatic carbocycles. The maximum atomic E-state index is 12.6. The lowest BCUT2D eigenvalue weighted by molar-refractivity contribution is 0.457. The zero-order valence-electron chi connectivity index (χ0n) is 13.0. The van der Waals surface area contributed by atoms with Gasteiger partial charge in [0.25, 0.3) is 11.1 Å². The Balaban J connectivity index is 1.96. The van der Waals surface area contributed by atoms with Crippen molar-refractivity contribution in [1.29, 1.82) is 0 Å². The van der Waals surface area contributed by atoms with Gasteiger partial charge >= 0.3 is 0 Å². The van der Waals surface area contributed by atoms with Crippen LogP contribution in [0.15, 0.2) is 21.7 Å². The topological polar surface area (TPSA) is 95.6 Å². The van der Waals surface area contributed by atoms with Gasteiger partial charge in [-0.05, 0) is 31.9 Å². The molecule has 2 heterocycles. The van der Waals surface area contributed by atoms with Crippen LogP contribution in [-0.2, 0) is 0 Å². The molecule has 0 amide bonds. The molecule has 8 nitrogen and oxygen atoms in total. The molecule has 0 bridgehead atoms. The van der Waals surface area contributed by atoms with Crippen molar-refractivity contribution in [2.24, 2.45) is 0 Å². The van der Waals surface area contributed by atoms with Gasteiger partial charge in [0.05, 0.1) is 22.9 Å². The van der Waals surface area contributed by atoms with E-state index >= 15 is 0 Å². The molecule has 0 N–H and O–H groups in total. The summed E-state index contributed by atoms with van der Waals surface area (Å²) in [6.45, 7) is 1.80. The highest BCUT2D eigenvalue weighted by Crippen LogP contribution is 2.32. The molecule has 2 aromatic heterocycles. The maximum Gasteiger partial charge on any atom is 0.277 e. The highest BCUT2D eigenvalue weighted by atomic mass is 16.1. The Kier molecular flexibility index (Phi) is 3.16. The van der Waals surface area contributed by atoms with Crippen LogP contribution in [0, 0.1) is 12.3 Å². The summed E-state index contributed by atoms with van der Waals surface area (Å²) in [6, 6.07) is 2.98. The lowest BCUT2D eigenvalue weighted by atomic mass is 10.1. The summed E-state index contributed by atoms with van der Waals surface area (Å²) >= 11 is 0. The fourth-order valence-electron chi connectivity index (χ4n) is 2.71. The lowest BCUT2D eigenvalue weighted by Gasteiger charge is -2.10. The van der Waals surface area contributed by atoms with Gasteiger partial charge in [-0.25, -0.2) is 9.36 Å². The van der Waals surface area contributed by atoms with Crippen LogP contribution in [-0.4, -0.2) is 30.0 Å². The molecule has 1 aliphatic rings. The molecule has 4 rings (SSSR count). The molecule has 1 fully saturated rings. The van der Waals surface area contributed by atoms with Crippen LogP contribution in [0.5, 0.6) is 0 Å². The Hall–Kier alpha value is -3.08. The van der Waals surface area contributed by atoms with Gasteiger partial charge in [-0.1, -0.05) is 10.4 Å². The largest absolute Gasteiger partial charge is 0.277 e. The minimum Gasteiger partial charge on any atom is -0.267 e. The van der Waals surface area contributed by atoms with E-state index in [-0.39, 0.29) is 23.2 Å². The van der Waals surface area contributed by atoms with Crippen molar-refractivity contribution in [1.82, 2.24) is 30.0 Å². The fourth-order valence-corrected chi connectivity index (χ4v) is 2.71. The Morgan fingerprint density at radius 2 is 1.79 bits per heavy atom. The summed E-state index contributed by atoms with van der Waals surface area (Å²) in [5.74, 6) is 2.51. The molecule has 1 unspecified atom stereocenters. The third-order valence-corrected chi connectivity index (χ3v) is 4.21. The first-order valence-electron chi connectivity index (χ1n) is 7.72. The zero-order chi connectivity index (χ0) is 16.8. The first-order valence-corrected chi connectivity index (χ1v) is 7.72. The van der Waals surface area contributed by atoms with Crippen molar-refractivity contribution in [2.45, 2.75) is 38.3 Å². The summed E-state index contributed by atoms with van der Waals surface area (Å²) in [4.78, 5) is 25.1. The SMILES string of the molecule is C#CCC(C)n1nnc2cc3c(=O)n(C4CC4)nnc3cc2c1=O. The maximum absolute atomic E-state index is 12.6. The van der Waals surface area contributed by atoms with Crippen molar-refractivity contribution in [3.05, 3.63) is 32.8 Å². The average Bonchev–Trinajstić information content (AvgIpc) is 3.40. The molecular formula is C16H14N6O2. The molecule has 1 aromatic carbocycles. The second-order valence-electron chi connectivity index (χ2n) is 6.05. The van der Waals surface area contributed by atoms with Gasteiger partial charge in [0.2, 0.25) is 0 Å². The van der Waals surface area contributed by atoms with Crippen LogP contribution >= 0.6 is 0 Å². The molecule has 0 radical (unpaired) electrons. The number of terminal acetylenes is 1. The Morgan fingerprint density at radius 1 is 1.17 bits per heavy atom. The van der Waals surface area contributed by atoms with Gasteiger partial charge in [0, 0.05) is 6.42 Å². The summed E-state index contributed by atoms with van der Waals surface area (Å²) < 4.78 is 2.66. The number of fused-ring (bicyclic) bond motifs is 2. The van der Waals surface area contributed by atoms with Gasteiger partial charge in [-0.2, -0.15) is 0 Å². The molecule has 8 heteroatoms. The first-order chi connectivity index (χ1) is 11.6. The summed E-state index contributed by atoms with van der Waals surface area (Å²) in [5.41, 5.74) is 0.226. The van der Waals surface area contributed by atoms with E-state index in [2.05, 4.69) is 26.5 Å². The second kappa shape index (κ2) is 5.23. The Bertz CT molecular complexity index is 1120.